The van der Waals surface area contributed by atoms with Crippen molar-refractivity contribution < 1.29 is 0 Å². The molecular formula is C21H23N9. The highest BCUT2D eigenvalue weighted by atomic mass is 15.4. The maximum absolute atomic E-state index is 9.41. The second-order valence-electron chi connectivity index (χ2n) is 8.25. The van der Waals surface area contributed by atoms with E-state index in [-0.39, 0.29) is 5.54 Å². The van der Waals surface area contributed by atoms with Crippen LogP contribution < -0.4 is 0 Å². The number of likely N-dealkylation sites (tertiary alicyclic amines) is 1. The molecule has 0 aliphatic carbocycles. The lowest BCUT2D eigenvalue weighted by molar-refractivity contribution is -0.0164. The van der Waals surface area contributed by atoms with Gasteiger partial charge in [-0.25, -0.2) is 9.97 Å². The minimum atomic E-state index is -0.285. The fraction of sp³-hybridized carbons (Fsp3) is 0.381. The Labute approximate surface area is 174 Å². The quantitative estimate of drug-likeness (QED) is 0.510. The predicted octanol–water partition coefficient (Wildman–Crippen LogP) is 2.33. The highest BCUT2D eigenvalue weighted by Gasteiger charge is 2.46. The molecular weight excluding hydrogens is 378 g/mol. The molecule has 5 heterocycles. The van der Waals surface area contributed by atoms with Gasteiger partial charge in [0.1, 0.15) is 17.0 Å². The van der Waals surface area contributed by atoms with Gasteiger partial charge in [0.15, 0.2) is 0 Å². The highest BCUT2D eigenvalue weighted by molar-refractivity contribution is 5.68. The fourth-order valence-electron chi connectivity index (χ4n) is 4.09. The van der Waals surface area contributed by atoms with Gasteiger partial charge in [-0.15, -0.1) is 0 Å². The summed E-state index contributed by atoms with van der Waals surface area (Å²) in [4.78, 5) is 11.7. The Hall–Kier alpha value is -3.51. The number of rotatable bonds is 5. The smallest absolute Gasteiger partial charge is 0.149 e. The zero-order valence-electron chi connectivity index (χ0n) is 17.3. The van der Waals surface area contributed by atoms with Crippen LogP contribution in [-0.2, 0) is 12.6 Å². The molecule has 0 radical (unpaired) electrons. The molecule has 0 aromatic carbocycles. The molecule has 1 fully saturated rings. The molecule has 0 saturated carbocycles. The van der Waals surface area contributed by atoms with E-state index in [1.165, 1.54) is 0 Å². The summed E-state index contributed by atoms with van der Waals surface area (Å²) in [6.07, 6.45) is 11.7. The van der Waals surface area contributed by atoms with Gasteiger partial charge >= 0.3 is 0 Å². The number of aryl methyl sites for hydroxylation is 1. The number of hydrogen-bond acceptors (Lipinski definition) is 6. The predicted molar refractivity (Wildman–Crippen MR) is 111 cm³/mol. The van der Waals surface area contributed by atoms with Gasteiger partial charge in [0, 0.05) is 62.6 Å². The average molecular weight is 401 g/mol. The summed E-state index contributed by atoms with van der Waals surface area (Å²) < 4.78 is 5.66. The first kappa shape index (κ1) is 18.5. The molecule has 0 unspecified atom stereocenters. The van der Waals surface area contributed by atoms with Crippen molar-refractivity contribution in [2.75, 3.05) is 13.1 Å². The van der Waals surface area contributed by atoms with Crippen LogP contribution in [0.3, 0.4) is 0 Å². The second kappa shape index (κ2) is 6.78. The Kier molecular flexibility index (Phi) is 4.18. The Morgan fingerprint density at radius 3 is 2.67 bits per heavy atom. The zero-order valence-corrected chi connectivity index (χ0v) is 17.3. The Morgan fingerprint density at radius 2 is 1.97 bits per heavy atom. The zero-order chi connectivity index (χ0) is 20.9. The van der Waals surface area contributed by atoms with Crippen LogP contribution >= 0.6 is 0 Å². The summed E-state index contributed by atoms with van der Waals surface area (Å²) >= 11 is 0. The van der Waals surface area contributed by atoms with Crippen LogP contribution in [0.15, 0.2) is 43.2 Å². The van der Waals surface area contributed by atoms with Gasteiger partial charge < -0.3 is 0 Å². The first-order chi connectivity index (χ1) is 14.5. The summed E-state index contributed by atoms with van der Waals surface area (Å²) in [5, 5.41) is 18.3. The SMILES string of the molecule is CC(C)N1CC(CC#N)(n2cc(-c3nc(-c4cnn(C)c4)cc4nccn34)cn2)C1. The monoisotopic (exact) mass is 401 g/mol. The van der Waals surface area contributed by atoms with Crippen LogP contribution in [-0.4, -0.2) is 58.0 Å². The van der Waals surface area contributed by atoms with Crippen molar-refractivity contribution in [1.82, 2.24) is 38.8 Å². The van der Waals surface area contributed by atoms with Crippen LogP contribution in [0.1, 0.15) is 20.3 Å². The summed E-state index contributed by atoms with van der Waals surface area (Å²) in [5.41, 5.74) is 3.17. The van der Waals surface area contributed by atoms with Crippen molar-refractivity contribution in [2.45, 2.75) is 31.8 Å². The third-order valence-electron chi connectivity index (χ3n) is 5.85. The standard InChI is InChI=1S/C21H23N9/c1-15(2)28-13-21(14-28,4-5-22)30-12-17(10-25-30)20-26-18(16-9-24-27(3)11-16)8-19-23-6-7-29(19)20/h6-12,15H,4,13-14H2,1-3H3. The summed E-state index contributed by atoms with van der Waals surface area (Å²) in [6.45, 7) is 5.99. The minimum Gasteiger partial charge on any atom is -0.296 e. The number of nitriles is 1. The molecule has 0 bridgehead atoms. The van der Waals surface area contributed by atoms with Gasteiger partial charge in [-0.05, 0) is 13.8 Å². The lowest BCUT2D eigenvalue weighted by atomic mass is 9.86. The average Bonchev–Trinajstić information content (AvgIpc) is 3.43. The maximum atomic E-state index is 9.41. The van der Waals surface area contributed by atoms with Gasteiger partial charge in [-0.3, -0.25) is 18.7 Å². The molecule has 1 saturated heterocycles. The largest absolute Gasteiger partial charge is 0.296 e. The van der Waals surface area contributed by atoms with E-state index in [4.69, 9.17) is 4.98 Å². The molecule has 4 aromatic rings. The molecule has 9 nitrogen and oxygen atoms in total. The molecule has 0 N–H and O–H groups in total. The van der Waals surface area contributed by atoms with E-state index in [0.717, 1.165) is 41.4 Å². The summed E-state index contributed by atoms with van der Waals surface area (Å²) in [7, 11) is 1.89. The lowest BCUT2D eigenvalue weighted by Gasteiger charge is -2.51. The van der Waals surface area contributed by atoms with E-state index in [9.17, 15) is 5.26 Å². The van der Waals surface area contributed by atoms with Crippen molar-refractivity contribution in [1.29, 1.82) is 5.26 Å². The van der Waals surface area contributed by atoms with Crippen molar-refractivity contribution in [3.63, 3.8) is 0 Å². The van der Waals surface area contributed by atoms with Gasteiger partial charge in [0.05, 0.1) is 36.1 Å². The topological polar surface area (TPSA) is 92.9 Å². The number of imidazole rings is 1. The Balaban J connectivity index is 1.56. The van der Waals surface area contributed by atoms with E-state index in [0.29, 0.717) is 12.5 Å². The summed E-state index contributed by atoms with van der Waals surface area (Å²) in [6, 6.07) is 4.76. The fourth-order valence-corrected chi connectivity index (χ4v) is 4.09. The van der Waals surface area contributed by atoms with E-state index >= 15 is 0 Å². The molecule has 1 aliphatic rings. The van der Waals surface area contributed by atoms with Crippen LogP contribution in [0.2, 0.25) is 0 Å². The first-order valence-corrected chi connectivity index (χ1v) is 9.99. The third-order valence-corrected chi connectivity index (χ3v) is 5.85. The molecule has 0 amide bonds. The van der Waals surface area contributed by atoms with Crippen LogP contribution in [0.5, 0.6) is 0 Å². The van der Waals surface area contributed by atoms with E-state index in [1.54, 1.807) is 17.1 Å². The lowest BCUT2D eigenvalue weighted by Crippen LogP contribution is -2.64. The summed E-state index contributed by atoms with van der Waals surface area (Å²) in [5.74, 6) is 0.766. The van der Waals surface area contributed by atoms with E-state index in [1.807, 2.05) is 47.0 Å². The Morgan fingerprint density at radius 1 is 1.17 bits per heavy atom. The van der Waals surface area contributed by atoms with Gasteiger partial charge in [0.2, 0.25) is 0 Å². The number of aromatic nitrogens is 7. The normalized spacial score (nSPS) is 16.1. The highest BCUT2D eigenvalue weighted by Crippen LogP contribution is 2.34. The number of fused-ring (bicyclic) bond motifs is 1. The molecule has 4 aromatic heterocycles. The first-order valence-electron chi connectivity index (χ1n) is 9.99. The third kappa shape index (κ3) is 2.88. The molecule has 0 spiro atoms. The number of hydrogen-bond donors (Lipinski definition) is 0. The van der Waals surface area contributed by atoms with Crippen molar-refractivity contribution in [3.8, 4) is 28.7 Å². The van der Waals surface area contributed by atoms with Crippen molar-refractivity contribution >= 4 is 5.65 Å². The Bertz CT molecular complexity index is 1250. The minimum absolute atomic E-state index is 0.285. The molecule has 0 atom stereocenters. The van der Waals surface area contributed by atoms with Crippen molar-refractivity contribution in [2.24, 2.45) is 7.05 Å². The molecule has 30 heavy (non-hydrogen) atoms. The van der Waals surface area contributed by atoms with Crippen molar-refractivity contribution in [3.05, 3.63) is 43.2 Å². The van der Waals surface area contributed by atoms with Crippen LogP contribution in [0.25, 0.3) is 28.3 Å². The van der Waals surface area contributed by atoms with Gasteiger partial charge in [0.25, 0.3) is 0 Å². The molecule has 1 aliphatic heterocycles. The number of nitrogens with zero attached hydrogens (tertiary/aromatic N) is 9. The van der Waals surface area contributed by atoms with E-state index in [2.05, 4.69) is 40.0 Å². The van der Waals surface area contributed by atoms with E-state index < -0.39 is 0 Å². The second-order valence-corrected chi connectivity index (χ2v) is 8.25. The molecule has 9 heteroatoms. The molecule has 5 rings (SSSR count). The van der Waals surface area contributed by atoms with Crippen LogP contribution in [0, 0.1) is 11.3 Å². The van der Waals surface area contributed by atoms with Crippen LogP contribution in [0.4, 0.5) is 0 Å². The maximum Gasteiger partial charge on any atom is 0.149 e. The van der Waals surface area contributed by atoms with Gasteiger partial charge in [-0.1, -0.05) is 0 Å². The molecule has 152 valence electrons. The van der Waals surface area contributed by atoms with Gasteiger partial charge in [-0.2, -0.15) is 15.5 Å².